The highest BCUT2D eigenvalue weighted by atomic mass is 19.4. The number of likely N-dealkylation sites (tertiary alicyclic amines) is 1. The van der Waals surface area contributed by atoms with Crippen LogP contribution in [0.4, 0.5) is 13.2 Å². The Morgan fingerprint density at radius 3 is 2.65 bits per heavy atom. The van der Waals surface area contributed by atoms with Gasteiger partial charge in [0, 0.05) is 31.0 Å². The van der Waals surface area contributed by atoms with Crippen LogP contribution in [0, 0.1) is 6.92 Å². The Morgan fingerprint density at radius 2 is 1.97 bits per heavy atom. The molecule has 3 aromatic rings. The van der Waals surface area contributed by atoms with Gasteiger partial charge in [-0.3, -0.25) is 14.6 Å². The van der Waals surface area contributed by atoms with Gasteiger partial charge >= 0.3 is 6.18 Å². The summed E-state index contributed by atoms with van der Waals surface area (Å²) in [4.78, 5) is 7.12. The summed E-state index contributed by atoms with van der Waals surface area (Å²) in [6, 6.07) is 9.76. The number of pyridine rings is 1. The minimum Gasteiger partial charge on any atom is -0.290 e. The lowest BCUT2D eigenvalue weighted by atomic mass is 10.0. The number of aryl methyl sites for hydroxylation is 2. The number of aromatic nitrogens is 3. The third kappa shape index (κ3) is 4.98. The first-order chi connectivity index (χ1) is 14.8. The van der Waals surface area contributed by atoms with E-state index < -0.39 is 11.7 Å². The molecule has 7 heteroatoms. The predicted molar refractivity (Wildman–Crippen MR) is 114 cm³/mol. The Bertz CT molecular complexity index is 1020. The first-order valence-corrected chi connectivity index (χ1v) is 10.7. The van der Waals surface area contributed by atoms with Gasteiger partial charge < -0.3 is 0 Å². The van der Waals surface area contributed by atoms with Crippen LogP contribution in [-0.4, -0.2) is 26.2 Å². The van der Waals surface area contributed by atoms with Gasteiger partial charge in [0.05, 0.1) is 23.0 Å². The van der Waals surface area contributed by atoms with E-state index in [1.807, 2.05) is 23.7 Å². The molecule has 4 nitrogen and oxygen atoms in total. The summed E-state index contributed by atoms with van der Waals surface area (Å²) >= 11 is 0. The SMILES string of the molecule is CCn1cc(CN2CCC[C@H]2c2ccc(Cc3cccc(C(F)(F)F)c3)cn2)c(C)n1. The van der Waals surface area contributed by atoms with Crippen LogP contribution in [0.3, 0.4) is 0 Å². The molecule has 1 fully saturated rings. The third-order valence-corrected chi connectivity index (χ3v) is 5.96. The maximum absolute atomic E-state index is 12.9. The fourth-order valence-corrected chi connectivity index (χ4v) is 4.28. The van der Waals surface area contributed by atoms with Gasteiger partial charge in [0.15, 0.2) is 0 Å². The molecule has 1 aliphatic rings. The van der Waals surface area contributed by atoms with E-state index in [0.29, 0.717) is 12.0 Å². The van der Waals surface area contributed by atoms with Gasteiger partial charge in [0.1, 0.15) is 0 Å². The van der Waals surface area contributed by atoms with Crippen molar-refractivity contribution in [3.63, 3.8) is 0 Å². The Morgan fingerprint density at radius 1 is 1.13 bits per heavy atom. The fraction of sp³-hybridized carbons (Fsp3) is 0.417. The van der Waals surface area contributed by atoms with Crippen LogP contribution in [0.2, 0.25) is 0 Å². The van der Waals surface area contributed by atoms with Crippen LogP contribution >= 0.6 is 0 Å². The molecular formula is C24H27F3N4. The summed E-state index contributed by atoms with van der Waals surface area (Å²) in [5.74, 6) is 0. The van der Waals surface area contributed by atoms with E-state index >= 15 is 0 Å². The molecule has 31 heavy (non-hydrogen) atoms. The second kappa shape index (κ2) is 8.83. The van der Waals surface area contributed by atoms with Gasteiger partial charge in [-0.25, -0.2) is 0 Å². The van der Waals surface area contributed by atoms with Crippen LogP contribution in [0.15, 0.2) is 48.8 Å². The average Bonchev–Trinajstić information content (AvgIpc) is 3.35. The molecule has 4 rings (SSSR count). The molecule has 0 radical (unpaired) electrons. The van der Waals surface area contributed by atoms with Gasteiger partial charge in [-0.05, 0) is 62.9 Å². The fourth-order valence-electron chi connectivity index (χ4n) is 4.28. The normalized spacial score (nSPS) is 17.4. The second-order valence-electron chi connectivity index (χ2n) is 8.19. The van der Waals surface area contributed by atoms with Crippen molar-refractivity contribution in [3.05, 3.63) is 82.4 Å². The monoisotopic (exact) mass is 428 g/mol. The van der Waals surface area contributed by atoms with E-state index in [0.717, 1.165) is 55.5 Å². The Hall–Kier alpha value is -2.67. The zero-order valence-corrected chi connectivity index (χ0v) is 17.9. The third-order valence-electron chi connectivity index (χ3n) is 5.96. The number of hydrogen-bond donors (Lipinski definition) is 0. The molecule has 164 valence electrons. The highest BCUT2D eigenvalue weighted by Gasteiger charge is 2.30. The highest BCUT2D eigenvalue weighted by Crippen LogP contribution is 2.33. The summed E-state index contributed by atoms with van der Waals surface area (Å²) in [6.45, 7) is 6.87. The molecule has 3 heterocycles. The first kappa shape index (κ1) is 21.6. The summed E-state index contributed by atoms with van der Waals surface area (Å²) < 4.78 is 40.8. The van der Waals surface area contributed by atoms with E-state index in [1.165, 1.54) is 17.7 Å². The summed E-state index contributed by atoms with van der Waals surface area (Å²) in [6.07, 6.45) is 2.21. The standard InChI is InChI=1S/C24H27F3N4/c1-3-31-16-20(17(2)29-31)15-30-11-5-8-23(30)22-10-9-19(14-28-22)12-18-6-4-7-21(13-18)24(25,26)27/h4,6-7,9-10,13-14,16,23H,3,5,8,11-12,15H2,1-2H3/t23-/m0/s1. The number of hydrogen-bond acceptors (Lipinski definition) is 3. The molecule has 0 aliphatic carbocycles. The topological polar surface area (TPSA) is 34.0 Å². The van der Waals surface area contributed by atoms with Crippen LogP contribution in [0.5, 0.6) is 0 Å². The molecule has 1 aromatic carbocycles. The van der Waals surface area contributed by atoms with Gasteiger partial charge in [-0.2, -0.15) is 18.3 Å². The van der Waals surface area contributed by atoms with Crippen LogP contribution in [0.25, 0.3) is 0 Å². The summed E-state index contributed by atoms with van der Waals surface area (Å²) in [5.41, 5.74) is 4.26. The van der Waals surface area contributed by atoms with Crippen molar-refractivity contribution >= 4 is 0 Å². The highest BCUT2D eigenvalue weighted by molar-refractivity contribution is 5.30. The number of nitrogens with zero attached hydrogens (tertiary/aromatic N) is 4. The van der Waals surface area contributed by atoms with Crippen LogP contribution in [-0.2, 0) is 25.7 Å². The molecule has 0 N–H and O–H groups in total. The molecule has 2 aromatic heterocycles. The molecule has 0 amide bonds. The van der Waals surface area contributed by atoms with Crippen molar-refractivity contribution in [1.29, 1.82) is 0 Å². The molecule has 1 saturated heterocycles. The first-order valence-electron chi connectivity index (χ1n) is 10.7. The van der Waals surface area contributed by atoms with Crippen molar-refractivity contribution in [2.24, 2.45) is 0 Å². The van der Waals surface area contributed by atoms with E-state index in [2.05, 4.69) is 28.1 Å². The largest absolute Gasteiger partial charge is 0.416 e. The van der Waals surface area contributed by atoms with Gasteiger partial charge in [-0.1, -0.05) is 24.3 Å². The van der Waals surface area contributed by atoms with E-state index in [4.69, 9.17) is 0 Å². The Kier molecular flexibility index (Phi) is 6.14. The van der Waals surface area contributed by atoms with Crippen LogP contribution < -0.4 is 0 Å². The van der Waals surface area contributed by atoms with Crippen molar-refractivity contribution < 1.29 is 13.2 Å². The maximum atomic E-state index is 12.9. The van der Waals surface area contributed by atoms with Crippen molar-refractivity contribution in [1.82, 2.24) is 19.7 Å². The maximum Gasteiger partial charge on any atom is 0.416 e. The minimum absolute atomic E-state index is 0.256. The number of rotatable bonds is 6. The minimum atomic E-state index is -4.32. The molecule has 0 bridgehead atoms. The Balaban J connectivity index is 1.45. The van der Waals surface area contributed by atoms with Crippen molar-refractivity contribution in [2.75, 3.05) is 6.54 Å². The number of benzene rings is 1. The zero-order chi connectivity index (χ0) is 22.0. The smallest absolute Gasteiger partial charge is 0.290 e. The molecule has 0 spiro atoms. The van der Waals surface area contributed by atoms with Gasteiger partial charge in [0.2, 0.25) is 0 Å². The lowest BCUT2D eigenvalue weighted by molar-refractivity contribution is -0.137. The van der Waals surface area contributed by atoms with E-state index in [9.17, 15) is 13.2 Å². The average molecular weight is 429 g/mol. The van der Waals surface area contributed by atoms with E-state index in [1.54, 1.807) is 12.3 Å². The van der Waals surface area contributed by atoms with Gasteiger partial charge in [0.25, 0.3) is 0 Å². The lowest BCUT2D eigenvalue weighted by Crippen LogP contribution is -2.23. The summed E-state index contributed by atoms with van der Waals surface area (Å²) in [7, 11) is 0. The molecule has 1 atom stereocenters. The number of alkyl halides is 3. The summed E-state index contributed by atoms with van der Waals surface area (Å²) in [5, 5.41) is 4.55. The second-order valence-corrected chi connectivity index (χ2v) is 8.19. The molecule has 0 unspecified atom stereocenters. The molecule has 1 aliphatic heterocycles. The van der Waals surface area contributed by atoms with E-state index in [-0.39, 0.29) is 6.04 Å². The Labute approximate surface area is 180 Å². The van der Waals surface area contributed by atoms with Crippen molar-refractivity contribution in [3.8, 4) is 0 Å². The number of halogens is 3. The zero-order valence-electron chi connectivity index (χ0n) is 17.9. The predicted octanol–water partition coefficient (Wildman–Crippen LogP) is 5.55. The molecule has 0 saturated carbocycles. The molecular weight excluding hydrogens is 401 g/mol. The van der Waals surface area contributed by atoms with Gasteiger partial charge in [-0.15, -0.1) is 0 Å². The quantitative estimate of drug-likeness (QED) is 0.516. The van der Waals surface area contributed by atoms with Crippen molar-refractivity contribution in [2.45, 2.75) is 58.4 Å². The lowest BCUT2D eigenvalue weighted by Gasteiger charge is -2.24. The van der Waals surface area contributed by atoms with Crippen LogP contribution in [0.1, 0.15) is 59.4 Å².